The van der Waals surface area contributed by atoms with Crippen LogP contribution in [0.1, 0.15) is 0 Å². The molecule has 0 aliphatic carbocycles. The Morgan fingerprint density at radius 1 is 0.368 bits per heavy atom. The number of benzene rings is 7. The van der Waals surface area contributed by atoms with E-state index in [0.29, 0.717) is 23.3 Å². The molecule has 8 heteroatoms. The number of hydrogen-bond donors (Lipinski definition) is 0. The molecule has 266 valence electrons. The minimum Gasteiger partial charge on any atom is -0.456 e. The summed E-state index contributed by atoms with van der Waals surface area (Å²) in [6.07, 6.45) is 0. The SMILES string of the molecule is c1ccc(-c2nc(-c3ccc4c(c3)oc3ccccc34)nc(-c3cccc4sc5cc(-c6nc(-c7ccccc7)c7sc8ccccc8c7n6)ccc5c34)n2)cc1. The van der Waals surface area contributed by atoms with Crippen molar-refractivity contribution in [1.82, 2.24) is 24.9 Å². The summed E-state index contributed by atoms with van der Waals surface area (Å²) in [5.74, 6) is 2.52. The van der Waals surface area contributed by atoms with Crippen molar-refractivity contribution in [2.75, 3.05) is 0 Å². The molecule has 6 nitrogen and oxygen atoms in total. The molecule has 0 aliphatic rings. The smallest absolute Gasteiger partial charge is 0.164 e. The molecule has 5 heterocycles. The van der Waals surface area contributed by atoms with Gasteiger partial charge in [0.05, 0.1) is 15.9 Å². The van der Waals surface area contributed by atoms with E-state index in [0.717, 1.165) is 91.2 Å². The first-order valence-electron chi connectivity index (χ1n) is 18.7. The van der Waals surface area contributed by atoms with E-state index in [1.165, 1.54) is 4.70 Å². The minimum absolute atomic E-state index is 0.586. The normalized spacial score (nSPS) is 11.9. The molecule has 0 radical (unpaired) electrons. The lowest BCUT2D eigenvalue weighted by molar-refractivity contribution is 0.669. The summed E-state index contributed by atoms with van der Waals surface area (Å²) in [4.78, 5) is 25.8. The zero-order valence-electron chi connectivity index (χ0n) is 30.0. The number of rotatable bonds is 5. The number of nitrogens with zero attached hydrogens (tertiary/aromatic N) is 5. The Kier molecular flexibility index (Phi) is 7.17. The van der Waals surface area contributed by atoms with Gasteiger partial charge in [0.25, 0.3) is 0 Å². The Bertz CT molecular complexity index is 3540. The molecular weight excluding hydrogens is 739 g/mol. The molecule has 12 aromatic rings. The van der Waals surface area contributed by atoms with Gasteiger partial charge in [0.1, 0.15) is 11.2 Å². The molecule has 12 rings (SSSR count). The first-order chi connectivity index (χ1) is 28.2. The number of fused-ring (bicyclic) bond motifs is 9. The van der Waals surface area contributed by atoms with Crippen molar-refractivity contribution in [2.24, 2.45) is 0 Å². The van der Waals surface area contributed by atoms with Gasteiger partial charge in [0, 0.05) is 68.8 Å². The molecule has 7 aromatic carbocycles. The van der Waals surface area contributed by atoms with E-state index >= 15 is 0 Å². The van der Waals surface area contributed by atoms with Gasteiger partial charge in [-0.1, -0.05) is 127 Å². The predicted octanol–water partition coefficient (Wildman–Crippen LogP) is 13.6. The van der Waals surface area contributed by atoms with Crippen molar-refractivity contribution in [3.63, 3.8) is 0 Å². The van der Waals surface area contributed by atoms with Crippen molar-refractivity contribution in [2.45, 2.75) is 0 Å². The summed E-state index contributed by atoms with van der Waals surface area (Å²) in [7, 11) is 0. The number of furan rings is 1. The summed E-state index contributed by atoms with van der Waals surface area (Å²) in [6, 6.07) is 56.3. The zero-order valence-corrected chi connectivity index (χ0v) is 31.7. The molecule has 0 saturated carbocycles. The zero-order chi connectivity index (χ0) is 37.5. The van der Waals surface area contributed by atoms with Gasteiger partial charge in [-0.15, -0.1) is 22.7 Å². The lowest BCUT2D eigenvalue weighted by Crippen LogP contribution is -2.00. The van der Waals surface area contributed by atoms with Crippen molar-refractivity contribution in [3.8, 4) is 56.8 Å². The highest BCUT2D eigenvalue weighted by Crippen LogP contribution is 2.43. The Hall–Kier alpha value is -7.13. The highest BCUT2D eigenvalue weighted by molar-refractivity contribution is 7.26. The fourth-order valence-electron chi connectivity index (χ4n) is 7.87. The minimum atomic E-state index is 0.586. The lowest BCUT2D eigenvalue weighted by Gasteiger charge is -2.10. The van der Waals surface area contributed by atoms with E-state index in [1.54, 1.807) is 22.7 Å². The second kappa shape index (κ2) is 12.7. The second-order valence-electron chi connectivity index (χ2n) is 14.0. The first kappa shape index (κ1) is 32.1. The van der Waals surface area contributed by atoms with E-state index in [1.807, 2.05) is 60.7 Å². The van der Waals surface area contributed by atoms with E-state index in [9.17, 15) is 0 Å². The van der Waals surface area contributed by atoms with Crippen LogP contribution in [-0.4, -0.2) is 24.9 Å². The molecule has 0 fully saturated rings. The molecule has 0 aliphatic heterocycles. The molecule has 0 spiro atoms. The summed E-state index contributed by atoms with van der Waals surface area (Å²) >= 11 is 3.50. The molecule has 0 unspecified atom stereocenters. The van der Waals surface area contributed by atoms with Crippen molar-refractivity contribution in [3.05, 3.63) is 164 Å². The predicted molar refractivity (Wildman–Crippen MR) is 236 cm³/mol. The average molecular weight is 766 g/mol. The van der Waals surface area contributed by atoms with Gasteiger partial charge in [0.15, 0.2) is 23.3 Å². The number of aromatic nitrogens is 5. The summed E-state index contributed by atoms with van der Waals surface area (Å²) in [6.45, 7) is 0. The third kappa shape index (κ3) is 5.26. The van der Waals surface area contributed by atoms with E-state index < -0.39 is 0 Å². The van der Waals surface area contributed by atoms with Gasteiger partial charge in [-0.2, -0.15) is 0 Å². The van der Waals surface area contributed by atoms with Gasteiger partial charge in [0.2, 0.25) is 0 Å². The Balaban J connectivity index is 1.03. The van der Waals surface area contributed by atoms with Crippen molar-refractivity contribution in [1.29, 1.82) is 0 Å². The number of para-hydroxylation sites is 1. The first-order valence-corrected chi connectivity index (χ1v) is 20.3. The van der Waals surface area contributed by atoms with E-state index in [2.05, 4.69) is 103 Å². The molecule has 57 heavy (non-hydrogen) atoms. The lowest BCUT2D eigenvalue weighted by atomic mass is 10.0. The topological polar surface area (TPSA) is 77.6 Å². The van der Waals surface area contributed by atoms with Gasteiger partial charge in [-0.3, -0.25) is 0 Å². The van der Waals surface area contributed by atoms with Crippen molar-refractivity contribution < 1.29 is 4.42 Å². The van der Waals surface area contributed by atoms with Crippen LogP contribution in [0.2, 0.25) is 0 Å². The van der Waals surface area contributed by atoms with Crippen LogP contribution < -0.4 is 0 Å². The molecule has 5 aromatic heterocycles. The number of hydrogen-bond acceptors (Lipinski definition) is 8. The maximum Gasteiger partial charge on any atom is 0.164 e. The van der Waals surface area contributed by atoms with Crippen LogP contribution in [-0.2, 0) is 0 Å². The Labute approximate surface area is 333 Å². The van der Waals surface area contributed by atoms with Crippen LogP contribution in [0.5, 0.6) is 0 Å². The Morgan fingerprint density at radius 3 is 1.84 bits per heavy atom. The third-order valence-electron chi connectivity index (χ3n) is 10.6. The second-order valence-corrected chi connectivity index (χ2v) is 16.1. The average Bonchev–Trinajstić information content (AvgIpc) is 3.97. The van der Waals surface area contributed by atoms with E-state index in [-0.39, 0.29) is 0 Å². The van der Waals surface area contributed by atoms with Crippen LogP contribution >= 0.6 is 22.7 Å². The molecule has 0 atom stereocenters. The third-order valence-corrected chi connectivity index (χ3v) is 12.9. The maximum absolute atomic E-state index is 6.27. The molecule has 0 N–H and O–H groups in total. The van der Waals surface area contributed by atoms with Crippen LogP contribution in [0.15, 0.2) is 168 Å². The number of thiophene rings is 2. The largest absolute Gasteiger partial charge is 0.456 e. The van der Waals surface area contributed by atoms with Crippen LogP contribution in [0.4, 0.5) is 0 Å². The Morgan fingerprint density at radius 2 is 1.00 bits per heavy atom. The molecular formula is C49H27N5OS2. The molecule has 0 amide bonds. The van der Waals surface area contributed by atoms with Crippen molar-refractivity contribution >= 4 is 85.1 Å². The standard InChI is InChI=1S/C49H27N5OS2/c1-3-12-28(13-4-1)43-45-44(35-17-8-10-20-39(35)57-45)51-47(50-43)31-23-25-34-41(27-31)56-40-21-11-18-36(42(34)40)49-53-46(29-14-5-2-6-15-29)52-48(54-49)30-22-24-33-32-16-7-9-19-37(32)55-38(33)26-30/h1-27H. The van der Waals surface area contributed by atoms with Gasteiger partial charge >= 0.3 is 0 Å². The van der Waals surface area contributed by atoms with Crippen LogP contribution in [0, 0.1) is 0 Å². The van der Waals surface area contributed by atoms with Gasteiger partial charge < -0.3 is 4.42 Å². The van der Waals surface area contributed by atoms with Gasteiger partial charge in [-0.25, -0.2) is 24.9 Å². The highest BCUT2D eigenvalue weighted by atomic mass is 32.1. The molecule has 0 bridgehead atoms. The molecule has 0 saturated heterocycles. The summed E-state index contributed by atoms with van der Waals surface area (Å²) in [5.41, 5.74) is 8.37. The fraction of sp³-hybridized carbons (Fsp3) is 0. The van der Waals surface area contributed by atoms with Crippen LogP contribution in [0.3, 0.4) is 0 Å². The van der Waals surface area contributed by atoms with Gasteiger partial charge in [-0.05, 0) is 36.4 Å². The van der Waals surface area contributed by atoms with E-state index in [4.69, 9.17) is 29.3 Å². The summed E-state index contributed by atoms with van der Waals surface area (Å²) in [5, 5.41) is 5.54. The quantitative estimate of drug-likeness (QED) is 0.174. The monoisotopic (exact) mass is 765 g/mol. The highest BCUT2D eigenvalue weighted by Gasteiger charge is 2.20. The summed E-state index contributed by atoms with van der Waals surface area (Å²) < 4.78 is 10.9. The maximum atomic E-state index is 6.27. The van der Waals surface area contributed by atoms with Crippen LogP contribution in [0.25, 0.3) is 119 Å². The fourth-order valence-corrected chi connectivity index (χ4v) is 10.2.